The summed E-state index contributed by atoms with van der Waals surface area (Å²) in [5.41, 5.74) is 0. The first-order chi connectivity index (χ1) is 10.2. The molecule has 6 heteroatoms. The molecule has 2 aromatic rings. The fraction of sp³-hybridized carbons (Fsp3) is 0.533. The largest absolute Gasteiger partial charge is 0.337 e. The molecule has 1 aliphatic heterocycles. The van der Waals surface area contributed by atoms with Crippen molar-refractivity contribution in [2.24, 2.45) is 7.05 Å². The zero-order valence-electron chi connectivity index (χ0n) is 12.3. The highest BCUT2D eigenvalue weighted by Crippen LogP contribution is 2.24. The molecule has 21 heavy (non-hydrogen) atoms. The van der Waals surface area contributed by atoms with Crippen LogP contribution in [0.25, 0.3) is 0 Å². The summed E-state index contributed by atoms with van der Waals surface area (Å²) in [7, 11) is 2.07. The molecule has 1 saturated heterocycles. The van der Waals surface area contributed by atoms with Crippen LogP contribution in [0.2, 0.25) is 0 Å². The van der Waals surface area contributed by atoms with Crippen LogP contribution in [-0.4, -0.2) is 45.5 Å². The number of aryl methyl sites for hydroxylation is 1. The smallest absolute Gasteiger partial charge is 0.122 e. The third-order valence-electron chi connectivity index (χ3n) is 4.03. The second kappa shape index (κ2) is 7.05. The lowest BCUT2D eigenvalue weighted by Crippen LogP contribution is -2.30. The van der Waals surface area contributed by atoms with Crippen molar-refractivity contribution >= 4 is 27.3 Å². The second-order valence-corrected chi connectivity index (χ2v) is 7.41. The summed E-state index contributed by atoms with van der Waals surface area (Å²) in [6, 6.07) is 2.14. The quantitative estimate of drug-likeness (QED) is 0.828. The Hall–Kier alpha value is -0.690. The van der Waals surface area contributed by atoms with Gasteiger partial charge in [0.1, 0.15) is 5.82 Å². The van der Waals surface area contributed by atoms with Crippen molar-refractivity contribution in [3.05, 3.63) is 39.0 Å². The van der Waals surface area contributed by atoms with Crippen LogP contribution in [0, 0.1) is 0 Å². The Kier molecular flexibility index (Phi) is 5.11. The lowest BCUT2D eigenvalue weighted by atomic mass is 10.3. The Bertz CT molecular complexity index is 529. The van der Waals surface area contributed by atoms with Crippen molar-refractivity contribution < 1.29 is 0 Å². The molecular formula is C15H21BrN4S. The average molecular weight is 369 g/mol. The molecule has 0 N–H and O–H groups in total. The van der Waals surface area contributed by atoms with Gasteiger partial charge in [-0.1, -0.05) is 0 Å². The number of thiophene rings is 1. The highest BCUT2D eigenvalue weighted by Gasteiger charge is 2.17. The van der Waals surface area contributed by atoms with E-state index in [1.807, 2.05) is 23.7 Å². The molecule has 3 rings (SSSR count). The highest BCUT2D eigenvalue weighted by molar-refractivity contribution is 9.10. The van der Waals surface area contributed by atoms with Crippen LogP contribution >= 0.6 is 27.3 Å². The molecule has 1 fully saturated rings. The van der Waals surface area contributed by atoms with Crippen molar-refractivity contribution in [1.29, 1.82) is 0 Å². The van der Waals surface area contributed by atoms with E-state index in [0.29, 0.717) is 0 Å². The van der Waals surface area contributed by atoms with Gasteiger partial charge in [0.25, 0.3) is 0 Å². The third kappa shape index (κ3) is 3.94. The molecule has 0 saturated carbocycles. The minimum Gasteiger partial charge on any atom is -0.337 e. The van der Waals surface area contributed by atoms with Gasteiger partial charge < -0.3 is 4.57 Å². The number of rotatable bonds is 4. The van der Waals surface area contributed by atoms with Crippen LogP contribution in [0.1, 0.15) is 17.1 Å². The number of halogens is 1. The van der Waals surface area contributed by atoms with Crippen LogP contribution in [0.15, 0.2) is 28.3 Å². The average Bonchev–Trinajstić information content (AvgIpc) is 2.97. The Morgan fingerprint density at radius 3 is 2.57 bits per heavy atom. The molecule has 0 amide bonds. The van der Waals surface area contributed by atoms with E-state index in [9.17, 15) is 0 Å². The molecule has 1 aliphatic rings. The van der Waals surface area contributed by atoms with E-state index in [1.165, 1.54) is 22.3 Å². The molecule has 0 aromatic carbocycles. The van der Waals surface area contributed by atoms with Gasteiger partial charge in [-0.15, -0.1) is 11.3 Å². The predicted octanol–water partition coefficient (Wildman–Crippen LogP) is 2.95. The van der Waals surface area contributed by atoms with Crippen LogP contribution in [0.5, 0.6) is 0 Å². The number of aromatic nitrogens is 2. The molecule has 114 valence electrons. The molecule has 0 bridgehead atoms. The summed E-state index contributed by atoms with van der Waals surface area (Å²) in [6.45, 7) is 6.62. The van der Waals surface area contributed by atoms with Crippen LogP contribution in [-0.2, 0) is 20.1 Å². The molecule has 0 unspecified atom stereocenters. The monoisotopic (exact) mass is 368 g/mol. The zero-order chi connectivity index (χ0) is 14.7. The van der Waals surface area contributed by atoms with E-state index in [4.69, 9.17) is 0 Å². The van der Waals surface area contributed by atoms with E-state index in [2.05, 4.69) is 53.8 Å². The van der Waals surface area contributed by atoms with Gasteiger partial charge in [-0.05, 0) is 46.9 Å². The molecule has 0 atom stereocenters. The number of hydrogen-bond donors (Lipinski definition) is 0. The Morgan fingerprint density at radius 2 is 1.95 bits per heavy atom. The van der Waals surface area contributed by atoms with Crippen LogP contribution in [0.4, 0.5) is 0 Å². The Morgan fingerprint density at radius 1 is 1.19 bits per heavy atom. The van der Waals surface area contributed by atoms with E-state index in [1.54, 1.807) is 0 Å². The topological polar surface area (TPSA) is 24.3 Å². The van der Waals surface area contributed by atoms with E-state index in [-0.39, 0.29) is 0 Å². The summed E-state index contributed by atoms with van der Waals surface area (Å²) < 4.78 is 3.37. The lowest BCUT2D eigenvalue weighted by Gasteiger charge is -2.21. The maximum Gasteiger partial charge on any atom is 0.122 e. The number of hydrogen-bond acceptors (Lipinski definition) is 4. The maximum absolute atomic E-state index is 4.44. The van der Waals surface area contributed by atoms with Crippen molar-refractivity contribution in [2.75, 3.05) is 26.2 Å². The summed E-state index contributed by atoms with van der Waals surface area (Å²) in [5, 5.41) is 2.16. The first-order valence-corrected chi connectivity index (χ1v) is 9.02. The van der Waals surface area contributed by atoms with Gasteiger partial charge in [-0.3, -0.25) is 9.80 Å². The molecule has 4 nitrogen and oxygen atoms in total. The van der Waals surface area contributed by atoms with Gasteiger partial charge in [0.2, 0.25) is 0 Å². The summed E-state index contributed by atoms with van der Waals surface area (Å²) in [5.74, 6) is 1.16. The minimum absolute atomic E-state index is 0.958. The van der Waals surface area contributed by atoms with E-state index >= 15 is 0 Å². The van der Waals surface area contributed by atoms with Gasteiger partial charge in [0.15, 0.2) is 0 Å². The van der Waals surface area contributed by atoms with Gasteiger partial charge in [-0.25, -0.2) is 4.98 Å². The molecular weight excluding hydrogens is 348 g/mol. The summed E-state index contributed by atoms with van der Waals surface area (Å²) in [4.78, 5) is 11.0. The van der Waals surface area contributed by atoms with Crippen molar-refractivity contribution in [2.45, 2.75) is 19.5 Å². The first-order valence-electron chi connectivity index (χ1n) is 7.35. The first kappa shape index (κ1) is 15.2. The molecule has 2 aromatic heterocycles. The summed E-state index contributed by atoms with van der Waals surface area (Å²) in [6.07, 6.45) is 5.13. The van der Waals surface area contributed by atoms with Crippen molar-refractivity contribution in [1.82, 2.24) is 19.4 Å². The highest BCUT2D eigenvalue weighted by atomic mass is 79.9. The van der Waals surface area contributed by atoms with Crippen molar-refractivity contribution in [3.8, 4) is 0 Å². The van der Waals surface area contributed by atoms with Crippen molar-refractivity contribution in [3.63, 3.8) is 0 Å². The van der Waals surface area contributed by atoms with Gasteiger partial charge in [0.05, 0.1) is 6.54 Å². The lowest BCUT2D eigenvalue weighted by molar-refractivity contribution is 0.243. The fourth-order valence-corrected chi connectivity index (χ4v) is 4.25. The van der Waals surface area contributed by atoms with Gasteiger partial charge in [-0.2, -0.15) is 0 Å². The Balaban J connectivity index is 1.54. The minimum atomic E-state index is 0.958. The molecule has 0 spiro atoms. The second-order valence-electron chi connectivity index (χ2n) is 5.55. The molecule has 3 heterocycles. The van der Waals surface area contributed by atoms with E-state index < -0.39 is 0 Å². The number of nitrogens with zero attached hydrogens (tertiary/aromatic N) is 4. The van der Waals surface area contributed by atoms with Crippen LogP contribution in [0.3, 0.4) is 0 Å². The predicted molar refractivity (Wildman–Crippen MR) is 90.4 cm³/mol. The van der Waals surface area contributed by atoms with Crippen LogP contribution < -0.4 is 0 Å². The van der Waals surface area contributed by atoms with E-state index in [0.717, 1.165) is 38.5 Å². The standard InChI is InChI=1S/C15H21BrN4S/c1-18-7-4-17-15(18)12-20-6-2-5-19(8-9-20)11-14-13(16)3-10-21-14/h3-4,7,10H,2,5-6,8-9,11-12H2,1H3. The molecule has 0 radical (unpaired) electrons. The molecule has 0 aliphatic carbocycles. The normalized spacial score (nSPS) is 18.0. The fourth-order valence-electron chi connectivity index (χ4n) is 2.73. The summed E-state index contributed by atoms with van der Waals surface area (Å²) >= 11 is 5.48. The van der Waals surface area contributed by atoms with Gasteiger partial charge >= 0.3 is 0 Å². The van der Waals surface area contributed by atoms with Gasteiger partial charge in [0, 0.05) is 48.4 Å². The SMILES string of the molecule is Cn1ccnc1CN1CCCN(Cc2sccc2Br)CC1. The third-order valence-corrected chi connectivity index (χ3v) is 5.94. The zero-order valence-corrected chi connectivity index (χ0v) is 14.7. The Labute approximate surface area is 138 Å². The number of imidazole rings is 1. The maximum atomic E-state index is 4.44.